The summed E-state index contributed by atoms with van der Waals surface area (Å²) in [5.74, 6) is 5.56. The average molecular weight is 274 g/mol. The van der Waals surface area contributed by atoms with Gasteiger partial charge in [-0.05, 0) is 37.6 Å². The number of ether oxygens (including phenoxy) is 1. The Morgan fingerprint density at radius 1 is 1.40 bits per heavy atom. The number of H-pyrrole nitrogens is 1. The van der Waals surface area contributed by atoms with Gasteiger partial charge in [-0.25, -0.2) is 5.84 Å². The molecule has 4 N–H and O–H groups in total. The molecule has 0 fully saturated rings. The number of hydrogen-bond acceptors (Lipinski definition) is 4. The van der Waals surface area contributed by atoms with E-state index in [2.05, 4.69) is 22.5 Å². The summed E-state index contributed by atoms with van der Waals surface area (Å²) >= 11 is 0. The van der Waals surface area contributed by atoms with Gasteiger partial charge in [-0.2, -0.15) is 5.10 Å². The highest BCUT2D eigenvalue weighted by atomic mass is 16.5. The number of benzene rings is 1. The Balaban J connectivity index is 2.24. The highest BCUT2D eigenvalue weighted by Gasteiger charge is 2.15. The summed E-state index contributed by atoms with van der Waals surface area (Å²) in [6.07, 6.45) is 0.970. The Hall–Kier alpha value is -2.34. The number of hydrazine groups is 1. The molecule has 0 bridgehead atoms. The summed E-state index contributed by atoms with van der Waals surface area (Å²) in [5.41, 5.74) is 4.86. The molecule has 2 rings (SSSR count). The van der Waals surface area contributed by atoms with Crippen LogP contribution < -0.4 is 16.0 Å². The number of aromatic amines is 1. The highest BCUT2D eigenvalue weighted by Crippen LogP contribution is 2.25. The summed E-state index contributed by atoms with van der Waals surface area (Å²) in [6, 6.07) is 7.61. The first kappa shape index (κ1) is 14.1. The number of nitrogens with two attached hydrogens (primary N) is 1. The van der Waals surface area contributed by atoms with Gasteiger partial charge in [0.1, 0.15) is 11.4 Å². The molecule has 0 radical (unpaired) electrons. The van der Waals surface area contributed by atoms with Crippen LogP contribution in [0, 0.1) is 6.92 Å². The fourth-order valence-corrected chi connectivity index (χ4v) is 1.90. The second kappa shape index (κ2) is 6.21. The van der Waals surface area contributed by atoms with Gasteiger partial charge in [-0.1, -0.05) is 6.92 Å². The topological polar surface area (TPSA) is 93.0 Å². The van der Waals surface area contributed by atoms with E-state index in [4.69, 9.17) is 10.6 Å². The van der Waals surface area contributed by atoms with Crippen molar-refractivity contribution in [1.82, 2.24) is 15.6 Å². The Morgan fingerprint density at radius 3 is 2.70 bits per heavy atom. The van der Waals surface area contributed by atoms with E-state index in [1.165, 1.54) is 0 Å². The number of carbonyl (C=O) groups excluding carboxylic acids is 1. The van der Waals surface area contributed by atoms with Crippen molar-refractivity contribution in [2.24, 2.45) is 5.84 Å². The second-order valence-electron chi connectivity index (χ2n) is 4.42. The molecule has 0 saturated heterocycles. The number of amides is 1. The van der Waals surface area contributed by atoms with Gasteiger partial charge in [0.05, 0.1) is 12.3 Å². The van der Waals surface area contributed by atoms with Crippen molar-refractivity contribution in [3.8, 4) is 17.0 Å². The summed E-state index contributed by atoms with van der Waals surface area (Å²) < 4.78 is 5.53. The Morgan fingerprint density at radius 2 is 2.10 bits per heavy atom. The van der Waals surface area contributed by atoms with Gasteiger partial charge < -0.3 is 4.74 Å². The third kappa shape index (κ3) is 2.80. The molecular weight excluding hydrogens is 256 g/mol. The summed E-state index contributed by atoms with van der Waals surface area (Å²) in [6.45, 7) is 4.58. The molecule has 0 spiro atoms. The molecule has 0 unspecified atom stereocenters. The third-order valence-electron chi connectivity index (χ3n) is 2.97. The van der Waals surface area contributed by atoms with Crippen LogP contribution in [0.1, 0.15) is 29.4 Å². The summed E-state index contributed by atoms with van der Waals surface area (Å²) in [5, 5.41) is 6.86. The number of rotatable bonds is 5. The van der Waals surface area contributed by atoms with E-state index < -0.39 is 0 Å². The van der Waals surface area contributed by atoms with Gasteiger partial charge in [-0.15, -0.1) is 0 Å². The first-order valence-electron chi connectivity index (χ1n) is 6.46. The third-order valence-corrected chi connectivity index (χ3v) is 2.97. The minimum absolute atomic E-state index is 0.369. The van der Waals surface area contributed by atoms with E-state index in [-0.39, 0.29) is 5.91 Å². The van der Waals surface area contributed by atoms with Crippen LogP contribution in [0.2, 0.25) is 0 Å². The van der Waals surface area contributed by atoms with Crippen LogP contribution in [0.4, 0.5) is 0 Å². The Kier molecular flexibility index (Phi) is 4.37. The molecule has 106 valence electrons. The van der Waals surface area contributed by atoms with Crippen molar-refractivity contribution in [3.05, 3.63) is 35.5 Å². The van der Waals surface area contributed by atoms with Gasteiger partial charge in [0.25, 0.3) is 5.91 Å². The number of aromatic nitrogens is 2. The van der Waals surface area contributed by atoms with Crippen LogP contribution in [-0.2, 0) is 0 Å². The number of nitrogen functional groups attached to an aromatic ring is 1. The molecule has 0 aliphatic carbocycles. The lowest BCUT2D eigenvalue weighted by atomic mass is 10.1. The van der Waals surface area contributed by atoms with E-state index >= 15 is 0 Å². The predicted octanol–water partition coefficient (Wildman–Crippen LogP) is 1.78. The number of nitrogens with one attached hydrogen (secondary N) is 2. The zero-order valence-corrected chi connectivity index (χ0v) is 11.6. The molecule has 1 amide bonds. The number of nitrogens with zero attached hydrogens (tertiary/aromatic N) is 1. The van der Waals surface area contributed by atoms with Crippen molar-refractivity contribution in [1.29, 1.82) is 0 Å². The predicted molar refractivity (Wildman–Crippen MR) is 76.2 cm³/mol. The molecule has 1 aromatic carbocycles. The maximum absolute atomic E-state index is 11.5. The fourth-order valence-electron chi connectivity index (χ4n) is 1.90. The van der Waals surface area contributed by atoms with Gasteiger partial charge >= 0.3 is 0 Å². The molecule has 0 aliphatic heterocycles. The average Bonchev–Trinajstić information content (AvgIpc) is 2.86. The lowest BCUT2D eigenvalue weighted by Gasteiger charge is -2.05. The number of carbonyl (C=O) groups is 1. The molecule has 2 aromatic rings. The SMILES string of the molecule is CCCOc1ccc(-c2n[nH]c(C(=O)NN)c2C)cc1. The van der Waals surface area contributed by atoms with E-state index in [1.54, 1.807) is 0 Å². The first-order valence-corrected chi connectivity index (χ1v) is 6.46. The highest BCUT2D eigenvalue weighted by molar-refractivity contribution is 5.94. The normalized spacial score (nSPS) is 10.3. The van der Waals surface area contributed by atoms with Crippen LogP contribution in [0.15, 0.2) is 24.3 Å². The molecule has 0 aliphatic rings. The van der Waals surface area contributed by atoms with Gasteiger partial charge in [0.2, 0.25) is 0 Å². The zero-order valence-electron chi connectivity index (χ0n) is 11.6. The maximum Gasteiger partial charge on any atom is 0.283 e. The molecule has 6 nitrogen and oxygen atoms in total. The van der Waals surface area contributed by atoms with E-state index in [1.807, 2.05) is 31.2 Å². The smallest absolute Gasteiger partial charge is 0.283 e. The van der Waals surface area contributed by atoms with E-state index in [0.29, 0.717) is 12.3 Å². The standard InChI is InChI=1S/C14H18N4O2/c1-3-8-20-11-6-4-10(5-7-11)12-9(2)13(18-17-12)14(19)16-15/h4-7H,3,8,15H2,1-2H3,(H,16,19)(H,17,18). The van der Waals surface area contributed by atoms with Crippen LogP contribution >= 0.6 is 0 Å². The van der Waals surface area contributed by atoms with Crippen molar-refractivity contribution in [3.63, 3.8) is 0 Å². The minimum Gasteiger partial charge on any atom is -0.494 e. The monoisotopic (exact) mass is 274 g/mol. The second-order valence-corrected chi connectivity index (χ2v) is 4.42. The van der Waals surface area contributed by atoms with Crippen molar-refractivity contribution >= 4 is 5.91 Å². The molecule has 0 atom stereocenters. The maximum atomic E-state index is 11.5. The van der Waals surface area contributed by atoms with Gasteiger partial charge in [0.15, 0.2) is 0 Å². The quantitative estimate of drug-likeness (QED) is 0.440. The van der Waals surface area contributed by atoms with Crippen molar-refractivity contribution < 1.29 is 9.53 Å². The Bertz CT molecular complexity index is 590. The number of hydrogen-bond donors (Lipinski definition) is 3. The molecule has 1 heterocycles. The summed E-state index contributed by atoms with van der Waals surface area (Å²) in [7, 11) is 0. The van der Waals surface area contributed by atoms with E-state index in [0.717, 1.165) is 29.0 Å². The molecule has 1 aromatic heterocycles. The molecule has 20 heavy (non-hydrogen) atoms. The Labute approximate surface area is 117 Å². The zero-order chi connectivity index (χ0) is 14.5. The minimum atomic E-state index is -0.385. The lowest BCUT2D eigenvalue weighted by Crippen LogP contribution is -2.30. The fraction of sp³-hybridized carbons (Fsp3) is 0.286. The lowest BCUT2D eigenvalue weighted by molar-refractivity contribution is 0.0948. The molecule has 6 heteroatoms. The van der Waals surface area contributed by atoms with Crippen molar-refractivity contribution in [2.75, 3.05) is 6.61 Å². The van der Waals surface area contributed by atoms with Gasteiger partial charge in [-0.3, -0.25) is 15.3 Å². The van der Waals surface area contributed by atoms with Crippen LogP contribution in [0.3, 0.4) is 0 Å². The first-order chi connectivity index (χ1) is 9.67. The van der Waals surface area contributed by atoms with E-state index in [9.17, 15) is 4.79 Å². The summed E-state index contributed by atoms with van der Waals surface area (Å²) in [4.78, 5) is 11.5. The molecular formula is C14H18N4O2. The van der Waals surface area contributed by atoms with Crippen LogP contribution in [0.25, 0.3) is 11.3 Å². The largest absolute Gasteiger partial charge is 0.494 e. The van der Waals surface area contributed by atoms with Gasteiger partial charge in [0, 0.05) is 11.1 Å². The molecule has 0 saturated carbocycles. The van der Waals surface area contributed by atoms with Crippen LogP contribution in [-0.4, -0.2) is 22.7 Å². The van der Waals surface area contributed by atoms with Crippen molar-refractivity contribution in [2.45, 2.75) is 20.3 Å². The van der Waals surface area contributed by atoms with Crippen LogP contribution in [0.5, 0.6) is 5.75 Å².